The van der Waals surface area contributed by atoms with Gasteiger partial charge in [-0.3, -0.25) is 15.1 Å². The second-order valence-corrected chi connectivity index (χ2v) is 5.11. The largest absolute Gasteiger partial charge is 0.270 e. The van der Waals surface area contributed by atoms with Crippen molar-refractivity contribution in [3.63, 3.8) is 0 Å². The maximum atomic E-state index is 11.0. The van der Waals surface area contributed by atoms with Crippen molar-refractivity contribution in [1.82, 2.24) is 4.98 Å². The standard InChI is InChI=1S/C15H10N2O2S/c18-17(19)12-6-7-13(15-9-16-10-20-15)14(8-12)11-4-2-1-3-5-11/h1-10H. The zero-order valence-corrected chi connectivity index (χ0v) is 11.2. The van der Waals surface area contributed by atoms with Crippen LogP contribution in [-0.4, -0.2) is 9.91 Å². The maximum absolute atomic E-state index is 11.0. The molecule has 0 saturated heterocycles. The molecule has 0 aliphatic carbocycles. The third-order valence-electron chi connectivity index (χ3n) is 3.00. The number of aromatic nitrogens is 1. The summed E-state index contributed by atoms with van der Waals surface area (Å²) in [4.78, 5) is 15.7. The molecule has 0 amide bonds. The predicted octanol–water partition coefficient (Wildman–Crippen LogP) is 4.39. The van der Waals surface area contributed by atoms with Gasteiger partial charge in [0.25, 0.3) is 5.69 Å². The van der Waals surface area contributed by atoms with E-state index in [1.54, 1.807) is 23.8 Å². The summed E-state index contributed by atoms with van der Waals surface area (Å²) in [6, 6.07) is 14.6. The minimum Gasteiger partial charge on any atom is -0.258 e. The molecular weight excluding hydrogens is 272 g/mol. The Hall–Kier alpha value is -2.53. The lowest BCUT2D eigenvalue weighted by Crippen LogP contribution is -1.90. The third kappa shape index (κ3) is 2.31. The van der Waals surface area contributed by atoms with Crippen molar-refractivity contribution in [3.8, 4) is 21.6 Å². The minimum absolute atomic E-state index is 0.0946. The van der Waals surface area contributed by atoms with E-state index < -0.39 is 0 Å². The number of hydrogen-bond donors (Lipinski definition) is 0. The Balaban J connectivity index is 2.23. The second-order valence-electron chi connectivity index (χ2n) is 4.22. The van der Waals surface area contributed by atoms with Crippen molar-refractivity contribution in [2.24, 2.45) is 0 Å². The van der Waals surface area contributed by atoms with Gasteiger partial charge in [-0.2, -0.15) is 0 Å². The van der Waals surface area contributed by atoms with Crippen molar-refractivity contribution in [1.29, 1.82) is 0 Å². The quantitative estimate of drug-likeness (QED) is 0.529. The number of nitrogens with zero attached hydrogens (tertiary/aromatic N) is 2. The van der Waals surface area contributed by atoms with E-state index in [2.05, 4.69) is 4.98 Å². The van der Waals surface area contributed by atoms with Crippen molar-refractivity contribution < 1.29 is 4.92 Å². The highest BCUT2D eigenvalue weighted by atomic mass is 32.1. The molecule has 0 aliphatic rings. The van der Waals surface area contributed by atoms with E-state index in [0.29, 0.717) is 0 Å². The molecule has 3 aromatic rings. The Morgan fingerprint density at radius 2 is 1.85 bits per heavy atom. The zero-order valence-electron chi connectivity index (χ0n) is 10.4. The van der Waals surface area contributed by atoms with Crippen LogP contribution in [-0.2, 0) is 0 Å². The van der Waals surface area contributed by atoms with E-state index in [4.69, 9.17) is 0 Å². The van der Waals surface area contributed by atoms with E-state index in [0.717, 1.165) is 21.6 Å². The van der Waals surface area contributed by atoms with Crippen LogP contribution in [0.25, 0.3) is 21.6 Å². The van der Waals surface area contributed by atoms with Crippen molar-refractivity contribution >= 4 is 17.0 Å². The lowest BCUT2D eigenvalue weighted by atomic mass is 9.98. The van der Waals surface area contributed by atoms with Gasteiger partial charge in [0.2, 0.25) is 0 Å². The Kier molecular flexibility index (Phi) is 3.26. The number of hydrogen-bond acceptors (Lipinski definition) is 4. The molecule has 2 aromatic carbocycles. The van der Waals surface area contributed by atoms with E-state index in [1.165, 1.54) is 17.4 Å². The summed E-state index contributed by atoms with van der Waals surface area (Å²) in [5, 5.41) is 11.0. The summed E-state index contributed by atoms with van der Waals surface area (Å²) in [7, 11) is 0. The molecule has 3 rings (SSSR count). The molecule has 20 heavy (non-hydrogen) atoms. The fraction of sp³-hybridized carbons (Fsp3) is 0. The summed E-state index contributed by atoms with van der Waals surface area (Å²) in [6.07, 6.45) is 1.78. The SMILES string of the molecule is O=[N+]([O-])c1ccc(-c2cncs2)c(-c2ccccc2)c1. The van der Waals surface area contributed by atoms with Crippen LogP contribution in [0.2, 0.25) is 0 Å². The van der Waals surface area contributed by atoms with Gasteiger partial charge in [-0.25, -0.2) is 0 Å². The van der Waals surface area contributed by atoms with Crippen LogP contribution in [0.4, 0.5) is 5.69 Å². The average Bonchev–Trinajstić information content (AvgIpc) is 3.01. The predicted molar refractivity (Wildman–Crippen MR) is 79.6 cm³/mol. The fourth-order valence-corrected chi connectivity index (χ4v) is 2.73. The normalized spacial score (nSPS) is 10.4. The van der Waals surface area contributed by atoms with Crippen LogP contribution in [0.15, 0.2) is 60.2 Å². The van der Waals surface area contributed by atoms with Crippen molar-refractivity contribution in [2.45, 2.75) is 0 Å². The first-order chi connectivity index (χ1) is 9.75. The van der Waals surface area contributed by atoms with E-state index in [1.807, 2.05) is 30.3 Å². The fourth-order valence-electron chi connectivity index (χ4n) is 2.07. The number of nitro benzene ring substituents is 1. The minimum atomic E-state index is -0.372. The summed E-state index contributed by atoms with van der Waals surface area (Å²) < 4.78 is 0. The van der Waals surface area contributed by atoms with Gasteiger partial charge in [-0.1, -0.05) is 30.3 Å². The third-order valence-corrected chi connectivity index (χ3v) is 3.80. The van der Waals surface area contributed by atoms with Crippen LogP contribution < -0.4 is 0 Å². The second kappa shape index (κ2) is 5.22. The van der Waals surface area contributed by atoms with Gasteiger partial charge in [0.15, 0.2) is 0 Å². The van der Waals surface area contributed by atoms with Crippen LogP contribution in [0.5, 0.6) is 0 Å². The molecule has 1 aromatic heterocycles. The van der Waals surface area contributed by atoms with Crippen LogP contribution in [0.1, 0.15) is 0 Å². The van der Waals surface area contributed by atoms with Gasteiger partial charge < -0.3 is 0 Å². The first-order valence-electron chi connectivity index (χ1n) is 5.98. The molecule has 0 unspecified atom stereocenters. The van der Waals surface area contributed by atoms with Crippen LogP contribution in [0, 0.1) is 10.1 Å². The highest BCUT2D eigenvalue weighted by Gasteiger charge is 2.14. The number of non-ortho nitro benzene ring substituents is 1. The van der Waals surface area contributed by atoms with Gasteiger partial charge in [0, 0.05) is 23.9 Å². The van der Waals surface area contributed by atoms with E-state index in [9.17, 15) is 10.1 Å². The molecule has 98 valence electrons. The summed E-state index contributed by atoms with van der Waals surface area (Å²) in [5.41, 5.74) is 4.62. The Morgan fingerprint density at radius 3 is 2.50 bits per heavy atom. The number of benzene rings is 2. The zero-order chi connectivity index (χ0) is 13.9. The van der Waals surface area contributed by atoms with E-state index >= 15 is 0 Å². The molecule has 0 saturated carbocycles. The number of thiazole rings is 1. The Morgan fingerprint density at radius 1 is 1.05 bits per heavy atom. The van der Waals surface area contributed by atoms with Crippen LogP contribution in [0.3, 0.4) is 0 Å². The molecule has 0 atom stereocenters. The molecule has 0 aliphatic heterocycles. The maximum Gasteiger partial charge on any atom is 0.270 e. The summed E-state index contributed by atoms with van der Waals surface area (Å²) in [5.74, 6) is 0. The highest BCUT2D eigenvalue weighted by molar-refractivity contribution is 7.13. The molecule has 0 spiro atoms. The molecule has 1 heterocycles. The number of nitro groups is 1. The lowest BCUT2D eigenvalue weighted by molar-refractivity contribution is -0.384. The summed E-state index contributed by atoms with van der Waals surface area (Å²) in [6.45, 7) is 0. The van der Waals surface area contributed by atoms with Gasteiger partial charge >= 0.3 is 0 Å². The molecule has 0 fully saturated rings. The average molecular weight is 282 g/mol. The molecular formula is C15H10N2O2S. The molecule has 5 heteroatoms. The smallest absolute Gasteiger partial charge is 0.258 e. The van der Waals surface area contributed by atoms with Crippen molar-refractivity contribution in [3.05, 3.63) is 70.4 Å². The van der Waals surface area contributed by atoms with Crippen molar-refractivity contribution in [2.75, 3.05) is 0 Å². The van der Waals surface area contributed by atoms with E-state index in [-0.39, 0.29) is 10.6 Å². The van der Waals surface area contributed by atoms with Crippen LogP contribution >= 0.6 is 11.3 Å². The molecule has 4 nitrogen and oxygen atoms in total. The first-order valence-corrected chi connectivity index (χ1v) is 6.86. The Bertz CT molecular complexity index is 740. The highest BCUT2D eigenvalue weighted by Crippen LogP contribution is 2.36. The monoisotopic (exact) mass is 282 g/mol. The van der Waals surface area contributed by atoms with Gasteiger partial charge in [-0.05, 0) is 17.2 Å². The molecule has 0 bridgehead atoms. The molecule has 0 radical (unpaired) electrons. The Labute approximate surface area is 119 Å². The van der Waals surface area contributed by atoms with Gasteiger partial charge in [0.05, 0.1) is 15.3 Å². The van der Waals surface area contributed by atoms with Gasteiger partial charge in [0.1, 0.15) is 0 Å². The topological polar surface area (TPSA) is 56.0 Å². The molecule has 0 N–H and O–H groups in total. The first kappa shape index (κ1) is 12.5. The van der Waals surface area contributed by atoms with Gasteiger partial charge in [-0.15, -0.1) is 11.3 Å². The lowest BCUT2D eigenvalue weighted by Gasteiger charge is -2.08. The summed E-state index contributed by atoms with van der Waals surface area (Å²) >= 11 is 1.52. The number of rotatable bonds is 3.